The van der Waals surface area contributed by atoms with Crippen LogP contribution in [0.25, 0.3) is 0 Å². The first-order valence-electron chi connectivity index (χ1n) is 5.77. The van der Waals surface area contributed by atoms with Crippen LogP contribution in [0.3, 0.4) is 0 Å². The van der Waals surface area contributed by atoms with E-state index in [1.165, 1.54) is 19.3 Å². The van der Waals surface area contributed by atoms with E-state index in [-0.39, 0.29) is 0 Å². The van der Waals surface area contributed by atoms with Crippen molar-refractivity contribution in [1.29, 1.82) is 0 Å². The van der Waals surface area contributed by atoms with Gasteiger partial charge in [0.05, 0.1) is 6.17 Å². The smallest absolute Gasteiger partial charge is 0.0594 e. The molecule has 0 aliphatic rings. The molecule has 0 rings (SSSR count). The van der Waals surface area contributed by atoms with E-state index in [4.69, 9.17) is 0 Å². The molecule has 0 aromatic heterocycles. The fourth-order valence-corrected chi connectivity index (χ4v) is 1.64. The number of hydrogen-bond acceptors (Lipinski definition) is 2. The van der Waals surface area contributed by atoms with Crippen LogP contribution in [-0.4, -0.2) is 30.7 Å². The lowest BCUT2D eigenvalue weighted by atomic mass is 10.3. The number of nitrogens with one attached hydrogen (secondary N) is 1. The highest BCUT2D eigenvalue weighted by atomic mass is 15.3. The second-order valence-electron chi connectivity index (χ2n) is 3.45. The Hall–Kier alpha value is -0.0800. The fourth-order valence-electron chi connectivity index (χ4n) is 1.64. The summed E-state index contributed by atoms with van der Waals surface area (Å²) in [6, 6.07) is 0. The molecule has 0 aromatic rings. The Bertz CT molecular complexity index is 100. The van der Waals surface area contributed by atoms with Gasteiger partial charge in [-0.15, -0.1) is 0 Å². The Kier molecular flexibility index (Phi) is 8.46. The third-order valence-electron chi connectivity index (χ3n) is 2.55. The monoisotopic (exact) mass is 186 g/mol. The summed E-state index contributed by atoms with van der Waals surface area (Å²) in [5, 5.41) is 3.60. The van der Waals surface area contributed by atoms with Gasteiger partial charge < -0.3 is 5.32 Å². The molecule has 0 aliphatic carbocycles. The van der Waals surface area contributed by atoms with E-state index >= 15 is 0 Å². The van der Waals surface area contributed by atoms with Crippen molar-refractivity contribution in [2.45, 2.75) is 53.1 Å². The molecule has 0 amide bonds. The van der Waals surface area contributed by atoms with Gasteiger partial charge in [-0.05, 0) is 32.5 Å². The summed E-state index contributed by atoms with van der Waals surface area (Å²) >= 11 is 0. The maximum absolute atomic E-state index is 3.60. The van der Waals surface area contributed by atoms with E-state index < -0.39 is 0 Å². The summed E-state index contributed by atoms with van der Waals surface area (Å²) in [4.78, 5) is 2.48. The molecule has 0 aliphatic heterocycles. The van der Waals surface area contributed by atoms with E-state index in [1.54, 1.807) is 0 Å². The van der Waals surface area contributed by atoms with Crippen molar-refractivity contribution < 1.29 is 0 Å². The molecule has 0 radical (unpaired) electrons. The second-order valence-corrected chi connectivity index (χ2v) is 3.45. The highest BCUT2D eigenvalue weighted by molar-refractivity contribution is 4.65. The van der Waals surface area contributed by atoms with Gasteiger partial charge in [0.15, 0.2) is 0 Å². The van der Waals surface area contributed by atoms with Gasteiger partial charge in [-0.2, -0.15) is 0 Å². The minimum absolute atomic E-state index is 0.585. The maximum atomic E-state index is 3.60. The van der Waals surface area contributed by atoms with Gasteiger partial charge in [0.25, 0.3) is 0 Å². The maximum Gasteiger partial charge on any atom is 0.0594 e. The molecule has 0 saturated carbocycles. The largest absolute Gasteiger partial charge is 0.302 e. The van der Waals surface area contributed by atoms with Crippen molar-refractivity contribution in [3.05, 3.63) is 0 Å². The molecule has 0 heterocycles. The predicted octanol–water partition coefficient (Wildman–Crippen LogP) is 2.45. The highest BCUT2D eigenvalue weighted by Gasteiger charge is 2.11. The van der Waals surface area contributed by atoms with Crippen LogP contribution in [0.5, 0.6) is 0 Å². The van der Waals surface area contributed by atoms with E-state index in [2.05, 4.69) is 37.9 Å². The SMILES string of the molecule is CCCCNC(CC)N(CC)CC. The van der Waals surface area contributed by atoms with Crippen molar-refractivity contribution in [1.82, 2.24) is 10.2 Å². The first-order chi connectivity index (χ1) is 6.29. The summed E-state index contributed by atoms with van der Waals surface area (Å²) in [6.07, 6.45) is 4.35. The van der Waals surface area contributed by atoms with Gasteiger partial charge >= 0.3 is 0 Å². The average Bonchev–Trinajstić information content (AvgIpc) is 2.17. The normalized spacial score (nSPS) is 13.6. The lowest BCUT2D eigenvalue weighted by Crippen LogP contribution is -2.45. The Morgan fingerprint density at radius 2 is 1.69 bits per heavy atom. The van der Waals surface area contributed by atoms with Gasteiger partial charge in [-0.3, -0.25) is 4.90 Å². The molecule has 1 N–H and O–H groups in total. The Morgan fingerprint density at radius 1 is 1.08 bits per heavy atom. The lowest BCUT2D eigenvalue weighted by Gasteiger charge is -2.29. The van der Waals surface area contributed by atoms with Crippen LogP contribution in [-0.2, 0) is 0 Å². The second kappa shape index (κ2) is 8.52. The fraction of sp³-hybridized carbons (Fsp3) is 1.00. The van der Waals surface area contributed by atoms with Gasteiger partial charge in [0.2, 0.25) is 0 Å². The van der Waals surface area contributed by atoms with Gasteiger partial charge in [-0.25, -0.2) is 0 Å². The van der Waals surface area contributed by atoms with Crippen LogP contribution in [0.4, 0.5) is 0 Å². The third-order valence-corrected chi connectivity index (χ3v) is 2.55. The van der Waals surface area contributed by atoms with Crippen molar-refractivity contribution in [3.63, 3.8) is 0 Å². The number of rotatable bonds is 8. The summed E-state index contributed by atoms with van der Waals surface area (Å²) in [5.41, 5.74) is 0. The Balaban J connectivity index is 3.71. The molecule has 1 atom stereocenters. The topological polar surface area (TPSA) is 15.3 Å². The zero-order chi connectivity index (χ0) is 10.1. The molecule has 80 valence electrons. The molecule has 0 aromatic carbocycles. The van der Waals surface area contributed by atoms with Crippen LogP contribution in [0.2, 0.25) is 0 Å². The Morgan fingerprint density at radius 3 is 2.08 bits per heavy atom. The molecule has 13 heavy (non-hydrogen) atoms. The summed E-state index contributed by atoms with van der Waals surface area (Å²) in [6.45, 7) is 12.4. The molecule has 0 bridgehead atoms. The third kappa shape index (κ3) is 5.27. The van der Waals surface area contributed by atoms with Crippen molar-refractivity contribution in [2.24, 2.45) is 0 Å². The number of unbranched alkanes of at least 4 members (excludes halogenated alkanes) is 1. The highest BCUT2D eigenvalue weighted by Crippen LogP contribution is 2.00. The van der Waals surface area contributed by atoms with Gasteiger partial charge in [0.1, 0.15) is 0 Å². The zero-order valence-corrected chi connectivity index (χ0v) is 9.77. The molecule has 0 saturated heterocycles. The first-order valence-corrected chi connectivity index (χ1v) is 5.77. The minimum atomic E-state index is 0.585. The molecule has 0 fully saturated rings. The molecule has 0 spiro atoms. The minimum Gasteiger partial charge on any atom is -0.302 e. The Labute approximate surface area is 83.7 Å². The summed E-state index contributed by atoms with van der Waals surface area (Å²) < 4.78 is 0. The summed E-state index contributed by atoms with van der Waals surface area (Å²) in [7, 11) is 0. The van der Waals surface area contributed by atoms with Crippen LogP contribution in [0.1, 0.15) is 47.0 Å². The molecule has 1 unspecified atom stereocenters. The lowest BCUT2D eigenvalue weighted by molar-refractivity contribution is 0.176. The van der Waals surface area contributed by atoms with E-state index in [9.17, 15) is 0 Å². The van der Waals surface area contributed by atoms with Gasteiger partial charge in [-0.1, -0.05) is 34.1 Å². The van der Waals surface area contributed by atoms with E-state index in [0.29, 0.717) is 6.17 Å². The molecular weight excluding hydrogens is 160 g/mol. The van der Waals surface area contributed by atoms with Crippen LogP contribution in [0.15, 0.2) is 0 Å². The van der Waals surface area contributed by atoms with Crippen LogP contribution >= 0.6 is 0 Å². The van der Waals surface area contributed by atoms with Gasteiger partial charge in [0, 0.05) is 0 Å². The molecule has 2 heteroatoms. The molecule has 2 nitrogen and oxygen atoms in total. The van der Waals surface area contributed by atoms with Crippen molar-refractivity contribution in [2.75, 3.05) is 19.6 Å². The first kappa shape index (κ1) is 12.9. The number of hydrogen-bond donors (Lipinski definition) is 1. The summed E-state index contributed by atoms with van der Waals surface area (Å²) in [5.74, 6) is 0. The van der Waals surface area contributed by atoms with Crippen molar-refractivity contribution >= 4 is 0 Å². The standard InChI is InChI=1S/C11H26N2/c1-5-9-10-12-11(6-2)13(7-3)8-4/h11-12H,5-10H2,1-4H3. The van der Waals surface area contributed by atoms with E-state index in [1.807, 2.05) is 0 Å². The van der Waals surface area contributed by atoms with Crippen LogP contribution < -0.4 is 5.32 Å². The number of nitrogens with zero attached hydrogens (tertiary/aromatic N) is 1. The average molecular weight is 186 g/mol. The quantitative estimate of drug-likeness (QED) is 0.463. The predicted molar refractivity (Wildman–Crippen MR) is 59.9 cm³/mol. The zero-order valence-electron chi connectivity index (χ0n) is 9.77. The molecular formula is C11H26N2. The van der Waals surface area contributed by atoms with Crippen LogP contribution in [0, 0.1) is 0 Å². The van der Waals surface area contributed by atoms with Crippen molar-refractivity contribution in [3.8, 4) is 0 Å². The van der Waals surface area contributed by atoms with E-state index in [0.717, 1.165) is 19.6 Å².